The molecule has 6 heteroatoms. The van der Waals surface area contributed by atoms with Crippen molar-refractivity contribution in [3.8, 4) is 5.75 Å². The molecule has 0 aromatic heterocycles. The second-order valence-corrected chi connectivity index (χ2v) is 5.16. The van der Waals surface area contributed by atoms with Crippen LogP contribution in [0.4, 0.5) is 13.2 Å². The standard InChI is InChI=1S/C17H13F3O3/c1-22-13-10-6-5-9-12(13)14(21)15-16(23-15,17(18,19)20)11-7-3-2-4-8-11/h2-10,15H,1H3. The van der Waals surface area contributed by atoms with Crippen LogP contribution >= 0.6 is 0 Å². The zero-order chi connectivity index (χ0) is 16.7. The maximum Gasteiger partial charge on any atom is 0.424 e. The summed E-state index contributed by atoms with van der Waals surface area (Å²) in [7, 11) is 1.36. The normalized spacial score (nSPS) is 23.4. The van der Waals surface area contributed by atoms with Crippen LogP contribution in [0.2, 0.25) is 0 Å². The SMILES string of the molecule is COc1ccccc1C(=O)C1OC1(c1ccccc1)C(F)(F)F. The average Bonchev–Trinajstić information content (AvgIpc) is 3.32. The Labute approximate surface area is 130 Å². The molecule has 0 radical (unpaired) electrons. The van der Waals surface area contributed by atoms with Crippen LogP contribution in [0, 0.1) is 0 Å². The molecule has 2 atom stereocenters. The fourth-order valence-electron chi connectivity index (χ4n) is 2.66. The van der Waals surface area contributed by atoms with Gasteiger partial charge in [0.1, 0.15) is 5.75 Å². The van der Waals surface area contributed by atoms with E-state index in [1.54, 1.807) is 18.2 Å². The van der Waals surface area contributed by atoms with E-state index in [-0.39, 0.29) is 16.9 Å². The van der Waals surface area contributed by atoms with Gasteiger partial charge in [0.15, 0.2) is 11.9 Å². The molecule has 0 bridgehead atoms. The van der Waals surface area contributed by atoms with E-state index in [1.165, 1.54) is 43.5 Å². The third-order valence-electron chi connectivity index (χ3n) is 3.85. The van der Waals surface area contributed by atoms with Crippen LogP contribution < -0.4 is 4.74 Å². The molecule has 0 aliphatic carbocycles. The number of hydrogen-bond donors (Lipinski definition) is 0. The first-order valence-corrected chi connectivity index (χ1v) is 6.89. The van der Waals surface area contributed by atoms with E-state index in [0.29, 0.717) is 0 Å². The zero-order valence-electron chi connectivity index (χ0n) is 12.1. The van der Waals surface area contributed by atoms with Gasteiger partial charge in [-0.05, 0) is 17.7 Å². The minimum atomic E-state index is -4.70. The molecule has 1 saturated heterocycles. The molecular weight excluding hydrogens is 309 g/mol. The molecule has 1 heterocycles. The van der Waals surface area contributed by atoms with Crippen LogP contribution in [0.25, 0.3) is 0 Å². The Kier molecular flexibility index (Phi) is 3.64. The molecular formula is C17H13F3O3. The first-order valence-electron chi connectivity index (χ1n) is 6.89. The largest absolute Gasteiger partial charge is 0.496 e. The van der Waals surface area contributed by atoms with Crippen molar-refractivity contribution in [2.45, 2.75) is 17.9 Å². The number of halogens is 3. The van der Waals surface area contributed by atoms with Crippen LogP contribution in [-0.2, 0) is 10.3 Å². The predicted molar refractivity (Wildman–Crippen MR) is 76.4 cm³/mol. The van der Waals surface area contributed by atoms with Gasteiger partial charge in [-0.15, -0.1) is 0 Å². The van der Waals surface area contributed by atoms with Crippen molar-refractivity contribution in [1.82, 2.24) is 0 Å². The molecule has 3 rings (SSSR count). The maximum absolute atomic E-state index is 13.6. The van der Waals surface area contributed by atoms with Crippen LogP contribution in [0.15, 0.2) is 54.6 Å². The highest BCUT2D eigenvalue weighted by molar-refractivity contribution is 6.04. The third-order valence-corrected chi connectivity index (χ3v) is 3.85. The molecule has 3 nitrogen and oxygen atoms in total. The third kappa shape index (κ3) is 2.39. The highest BCUT2D eigenvalue weighted by Crippen LogP contribution is 2.58. The number of para-hydroxylation sites is 1. The molecule has 23 heavy (non-hydrogen) atoms. The van der Waals surface area contributed by atoms with Crippen molar-refractivity contribution < 1.29 is 27.4 Å². The number of methoxy groups -OCH3 is 1. The number of ketones is 1. The van der Waals surface area contributed by atoms with E-state index < -0.39 is 23.7 Å². The second-order valence-electron chi connectivity index (χ2n) is 5.16. The molecule has 1 aliphatic rings. The Morgan fingerprint density at radius 3 is 2.30 bits per heavy atom. The van der Waals surface area contributed by atoms with Gasteiger partial charge in [0.25, 0.3) is 0 Å². The van der Waals surface area contributed by atoms with E-state index in [0.717, 1.165) is 0 Å². The number of hydrogen-bond acceptors (Lipinski definition) is 3. The Hall–Kier alpha value is -2.34. The highest BCUT2D eigenvalue weighted by Gasteiger charge is 2.76. The summed E-state index contributed by atoms with van der Waals surface area (Å²) in [5.41, 5.74) is -2.60. The zero-order valence-corrected chi connectivity index (χ0v) is 12.1. The van der Waals surface area contributed by atoms with Crippen LogP contribution in [-0.4, -0.2) is 25.2 Å². The minimum absolute atomic E-state index is 0.0713. The summed E-state index contributed by atoms with van der Waals surface area (Å²) in [4.78, 5) is 12.5. The van der Waals surface area contributed by atoms with Gasteiger partial charge in [0, 0.05) is 0 Å². The Bertz CT molecular complexity index is 727. The summed E-state index contributed by atoms with van der Waals surface area (Å²) < 4.78 is 50.7. The molecule has 0 N–H and O–H groups in total. The van der Waals surface area contributed by atoms with Gasteiger partial charge in [0.05, 0.1) is 12.7 Å². The summed E-state index contributed by atoms with van der Waals surface area (Å²) >= 11 is 0. The molecule has 0 amide bonds. The fourth-order valence-corrected chi connectivity index (χ4v) is 2.66. The lowest BCUT2D eigenvalue weighted by Gasteiger charge is -2.17. The summed E-state index contributed by atoms with van der Waals surface area (Å²) in [6.07, 6.45) is -6.31. The van der Waals surface area contributed by atoms with Crippen molar-refractivity contribution in [3.05, 3.63) is 65.7 Å². The van der Waals surface area contributed by atoms with E-state index in [9.17, 15) is 18.0 Å². The smallest absolute Gasteiger partial charge is 0.424 e. The Morgan fingerprint density at radius 1 is 1.09 bits per heavy atom. The van der Waals surface area contributed by atoms with E-state index in [4.69, 9.17) is 9.47 Å². The number of carbonyl (C=O) groups excluding carboxylic acids is 1. The predicted octanol–water partition coefficient (Wildman–Crippen LogP) is 3.73. The van der Waals surface area contributed by atoms with Gasteiger partial charge in [-0.25, -0.2) is 0 Å². The lowest BCUT2D eigenvalue weighted by molar-refractivity contribution is -0.187. The van der Waals surface area contributed by atoms with Crippen molar-refractivity contribution in [2.75, 3.05) is 7.11 Å². The van der Waals surface area contributed by atoms with Crippen LogP contribution in [0.3, 0.4) is 0 Å². The van der Waals surface area contributed by atoms with Crippen LogP contribution in [0.5, 0.6) is 5.75 Å². The van der Waals surface area contributed by atoms with Crippen LogP contribution in [0.1, 0.15) is 15.9 Å². The molecule has 2 unspecified atom stereocenters. The first kappa shape index (κ1) is 15.6. The quantitative estimate of drug-likeness (QED) is 0.636. The maximum atomic E-state index is 13.6. The summed E-state index contributed by atoms with van der Waals surface area (Å²) in [5, 5.41) is 0. The highest BCUT2D eigenvalue weighted by atomic mass is 19.4. The van der Waals surface area contributed by atoms with Gasteiger partial charge in [0.2, 0.25) is 5.60 Å². The van der Waals surface area contributed by atoms with Gasteiger partial charge in [-0.1, -0.05) is 42.5 Å². The minimum Gasteiger partial charge on any atom is -0.496 e. The molecule has 1 fully saturated rings. The molecule has 0 spiro atoms. The summed E-state index contributed by atoms with van der Waals surface area (Å²) in [6, 6.07) is 13.3. The number of rotatable bonds is 4. The van der Waals surface area contributed by atoms with Gasteiger partial charge in [-0.3, -0.25) is 4.79 Å². The van der Waals surface area contributed by atoms with Gasteiger partial charge in [-0.2, -0.15) is 13.2 Å². The number of epoxide rings is 1. The van der Waals surface area contributed by atoms with Gasteiger partial charge >= 0.3 is 6.18 Å². The van der Waals surface area contributed by atoms with E-state index >= 15 is 0 Å². The number of alkyl halides is 3. The van der Waals surface area contributed by atoms with Crippen molar-refractivity contribution in [3.63, 3.8) is 0 Å². The second kappa shape index (κ2) is 5.38. The topological polar surface area (TPSA) is 38.8 Å². The summed E-state index contributed by atoms with van der Waals surface area (Å²) in [5.74, 6) is -0.527. The van der Waals surface area contributed by atoms with Crippen molar-refractivity contribution in [2.24, 2.45) is 0 Å². The van der Waals surface area contributed by atoms with Crippen molar-refractivity contribution >= 4 is 5.78 Å². The molecule has 0 saturated carbocycles. The molecule has 2 aromatic rings. The molecule has 1 aliphatic heterocycles. The number of ether oxygens (including phenoxy) is 2. The van der Waals surface area contributed by atoms with E-state index in [2.05, 4.69) is 0 Å². The average molecular weight is 322 g/mol. The number of benzene rings is 2. The Morgan fingerprint density at radius 2 is 1.70 bits per heavy atom. The van der Waals surface area contributed by atoms with Gasteiger partial charge < -0.3 is 9.47 Å². The number of Topliss-reactive ketones (excluding diaryl/α,β-unsaturated/α-hetero) is 1. The monoisotopic (exact) mass is 322 g/mol. The molecule has 120 valence electrons. The first-order chi connectivity index (χ1) is 10.9. The summed E-state index contributed by atoms with van der Waals surface area (Å²) in [6.45, 7) is 0. The van der Waals surface area contributed by atoms with E-state index in [1.807, 2.05) is 0 Å². The Balaban J connectivity index is 2.00. The molecule has 2 aromatic carbocycles. The lowest BCUT2D eigenvalue weighted by atomic mass is 9.90. The fraction of sp³-hybridized carbons (Fsp3) is 0.235. The number of carbonyl (C=O) groups is 1. The van der Waals surface area contributed by atoms with Crippen molar-refractivity contribution in [1.29, 1.82) is 0 Å². The lowest BCUT2D eigenvalue weighted by Crippen LogP contribution is -2.35.